The highest BCUT2D eigenvalue weighted by Crippen LogP contribution is 2.39. The Morgan fingerprint density at radius 2 is 1.85 bits per heavy atom. The molecule has 0 radical (unpaired) electrons. The van der Waals surface area contributed by atoms with E-state index in [1.165, 1.54) is 24.1 Å². The van der Waals surface area contributed by atoms with E-state index in [1.54, 1.807) is 14.2 Å². The number of hydrogen-bond acceptors (Lipinski definition) is 5. The first kappa shape index (κ1) is 17.2. The van der Waals surface area contributed by atoms with Gasteiger partial charge in [-0.3, -0.25) is 0 Å². The summed E-state index contributed by atoms with van der Waals surface area (Å²) in [6.45, 7) is 4.42. The van der Waals surface area contributed by atoms with Gasteiger partial charge in [-0.25, -0.2) is 4.68 Å². The minimum atomic E-state index is 0.245. The molecule has 6 nitrogen and oxygen atoms in total. The first-order chi connectivity index (χ1) is 12.7. The van der Waals surface area contributed by atoms with Crippen LogP contribution in [0.2, 0.25) is 0 Å². The predicted molar refractivity (Wildman–Crippen MR) is 102 cm³/mol. The number of benzene rings is 1. The van der Waals surface area contributed by atoms with Gasteiger partial charge in [-0.15, -0.1) is 0 Å². The topological polar surface area (TPSA) is 60.3 Å². The number of methoxy groups -OCH3 is 2. The summed E-state index contributed by atoms with van der Waals surface area (Å²) in [5.41, 5.74) is 2.44. The van der Waals surface area contributed by atoms with Crippen molar-refractivity contribution in [3.8, 4) is 11.5 Å². The van der Waals surface area contributed by atoms with Crippen LogP contribution < -0.4 is 20.1 Å². The molecule has 26 heavy (non-hydrogen) atoms. The molecule has 3 heterocycles. The zero-order chi connectivity index (χ0) is 18.1. The maximum atomic E-state index is 5.47. The minimum Gasteiger partial charge on any atom is -0.493 e. The van der Waals surface area contributed by atoms with Crippen LogP contribution in [0.5, 0.6) is 11.5 Å². The van der Waals surface area contributed by atoms with E-state index in [-0.39, 0.29) is 6.04 Å². The number of nitrogens with zero attached hydrogens (tertiary/aromatic N) is 2. The third-order valence-electron chi connectivity index (χ3n) is 5.64. The Labute approximate surface area is 154 Å². The molecular weight excluding hydrogens is 328 g/mol. The van der Waals surface area contributed by atoms with E-state index in [0.29, 0.717) is 12.0 Å². The van der Waals surface area contributed by atoms with Gasteiger partial charge in [0.2, 0.25) is 0 Å². The number of ether oxygens (including phenoxy) is 2. The SMILES string of the molecule is COc1ccc([C@H]2C[C@@H](C)n3nc(C4CCNCC4)cc3N2)cc1OC. The Morgan fingerprint density at radius 3 is 2.58 bits per heavy atom. The summed E-state index contributed by atoms with van der Waals surface area (Å²) in [4.78, 5) is 0. The summed E-state index contributed by atoms with van der Waals surface area (Å²) in [5.74, 6) is 3.23. The van der Waals surface area contributed by atoms with E-state index in [2.05, 4.69) is 40.4 Å². The van der Waals surface area contributed by atoms with Crippen LogP contribution in [0.15, 0.2) is 24.3 Å². The molecular formula is C20H28N4O2. The first-order valence-electron chi connectivity index (χ1n) is 9.48. The van der Waals surface area contributed by atoms with E-state index in [0.717, 1.165) is 36.8 Å². The van der Waals surface area contributed by atoms with Gasteiger partial charge in [-0.2, -0.15) is 5.10 Å². The number of piperidine rings is 1. The van der Waals surface area contributed by atoms with Crippen LogP contribution in [0.4, 0.5) is 5.82 Å². The molecule has 2 atom stereocenters. The lowest BCUT2D eigenvalue weighted by Gasteiger charge is -2.31. The first-order valence-corrected chi connectivity index (χ1v) is 9.48. The van der Waals surface area contributed by atoms with Gasteiger partial charge >= 0.3 is 0 Å². The molecule has 4 rings (SSSR count). The molecule has 0 saturated carbocycles. The molecule has 0 amide bonds. The summed E-state index contributed by atoms with van der Waals surface area (Å²) in [5, 5.41) is 12.0. The molecule has 1 aromatic heterocycles. The van der Waals surface area contributed by atoms with Crippen molar-refractivity contribution >= 4 is 5.82 Å². The molecule has 2 aromatic rings. The summed E-state index contributed by atoms with van der Waals surface area (Å²) in [7, 11) is 3.35. The second-order valence-corrected chi connectivity index (χ2v) is 7.32. The lowest BCUT2D eigenvalue weighted by atomic mass is 9.94. The molecule has 1 aromatic carbocycles. The van der Waals surface area contributed by atoms with Crippen LogP contribution in [0.3, 0.4) is 0 Å². The Morgan fingerprint density at radius 1 is 1.08 bits per heavy atom. The molecule has 0 bridgehead atoms. The molecule has 0 spiro atoms. The van der Waals surface area contributed by atoms with E-state index in [1.807, 2.05) is 6.07 Å². The molecule has 1 saturated heterocycles. The van der Waals surface area contributed by atoms with Gasteiger partial charge in [-0.1, -0.05) is 6.07 Å². The number of rotatable bonds is 4. The van der Waals surface area contributed by atoms with E-state index >= 15 is 0 Å². The predicted octanol–water partition coefficient (Wildman–Crippen LogP) is 3.49. The second-order valence-electron chi connectivity index (χ2n) is 7.32. The molecule has 0 aliphatic carbocycles. The van der Waals surface area contributed by atoms with E-state index in [9.17, 15) is 0 Å². The zero-order valence-electron chi connectivity index (χ0n) is 15.8. The second kappa shape index (κ2) is 7.19. The third-order valence-corrected chi connectivity index (χ3v) is 5.64. The summed E-state index contributed by atoms with van der Waals surface area (Å²) in [6, 6.07) is 9.02. The zero-order valence-corrected chi connectivity index (χ0v) is 15.8. The quantitative estimate of drug-likeness (QED) is 0.878. The molecule has 2 N–H and O–H groups in total. The standard InChI is InChI=1S/C20H28N4O2/c1-13-10-16(15-4-5-18(25-2)19(11-15)26-3)22-20-12-17(23-24(13)20)14-6-8-21-9-7-14/h4-5,11-14,16,21-22H,6-10H2,1-3H3/t13-,16-/m1/s1. The average Bonchev–Trinajstić information content (AvgIpc) is 3.13. The number of anilines is 1. The highest BCUT2D eigenvalue weighted by molar-refractivity contribution is 5.48. The van der Waals surface area contributed by atoms with Crippen molar-refractivity contribution in [1.29, 1.82) is 0 Å². The highest BCUT2D eigenvalue weighted by atomic mass is 16.5. The van der Waals surface area contributed by atoms with Gasteiger partial charge in [0.1, 0.15) is 5.82 Å². The Bertz CT molecular complexity index is 767. The molecule has 140 valence electrons. The maximum absolute atomic E-state index is 5.47. The lowest BCUT2D eigenvalue weighted by molar-refractivity contribution is 0.353. The number of hydrogen-bond donors (Lipinski definition) is 2. The van der Waals surface area contributed by atoms with Crippen LogP contribution >= 0.6 is 0 Å². The van der Waals surface area contributed by atoms with Gasteiger partial charge in [0.25, 0.3) is 0 Å². The summed E-state index contributed by atoms with van der Waals surface area (Å²) >= 11 is 0. The number of aromatic nitrogens is 2. The number of fused-ring (bicyclic) bond motifs is 1. The number of nitrogens with one attached hydrogen (secondary N) is 2. The molecule has 2 aliphatic rings. The van der Waals surface area contributed by atoms with E-state index in [4.69, 9.17) is 14.6 Å². The molecule has 2 aliphatic heterocycles. The fourth-order valence-corrected chi connectivity index (χ4v) is 4.14. The van der Waals surface area contributed by atoms with Crippen LogP contribution in [0, 0.1) is 0 Å². The van der Waals surface area contributed by atoms with Crippen molar-refractivity contribution in [2.75, 3.05) is 32.6 Å². The largest absolute Gasteiger partial charge is 0.493 e. The third kappa shape index (κ3) is 3.14. The Hall–Kier alpha value is -2.21. The average molecular weight is 356 g/mol. The minimum absolute atomic E-state index is 0.245. The van der Waals surface area contributed by atoms with Crippen molar-refractivity contribution in [2.24, 2.45) is 0 Å². The van der Waals surface area contributed by atoms with Crippen LogP contribution in [-0.4, -0.2) is 37.1 Å². The molecule has 1 fully saturated rings. The van der Waals surface area contributed by atoms with Gasteiger partial charge in [-0.05, 0) is 57.0 Å². The van der Waals surface area contributed by atoms with Gasteiger partial charge in [0, 0.05) is 12.0 Å². The normalized spacial score (nSPS) is 23.2. The highest BCUT2D eigenvalue weighted by Gasteiger charge is 2.28. The summed E-state index contributed by atoms with van der Waals surface area (Å²) in [6.07, 6.45) is 3.34. The lowest BCUT2D eigenvalue weighted by Crippen LogP contribution is -2.27. The van der Waals surface area contributed by atoms with Gasteiger partial charge in [0.05, 0.1) is 32.0 Å². The van der Waals surface area contributed by atoms with Crippen molar-refractivity contribution in [1.82, 2.24) is 15.1 Å². The Balaban J connectivity index is 1.58. The monoisotopic (exact) mass is 356 g/mol. The molecule has 6 heteroatoms. The summed E-state index contributed by atoms with van der Waals surface area (Å²) < 4.78 is 13.0. The molecule has 0 unspecified atom stereocenters. The van der Waals surface area contributed by atoms with Crippen molar-refractivity contribution in [3.05, 3.63) is 35.5 Å². The van der Waals surface area contributed by atoms with Crippen LogP contribution in [-0.2, 0) is 0 Å². The van der Waals surface area contributed by atoms with Crippen LogP contribution in [0.25, 0.3) is 0 Å². The van der Waals surface area contributed by atoms with Crippen LogP contribution in [0.1, 0.15) is 55.4 Å². The fraction of sp³-hybridized carbons (Fsp3) is 0.550. The van der Waals surface area contributed by atoms with Crippen molar-refractivity contribution in [2.45, 2.75) is 44.2 Å². The van der Waals surface area contributed by atoms with Gasteiger partial charge in [0.15, 0.2) is 11.5 Å². The van der Waals surface area contributed by atoms with E-state index < -0.39 is 0 Å². The Kier molecular flexibility index (Phi) is 4.76. The van der Waals surface area contributed by atoms with Gasteiger partial charge < -0.3 is 20.1 Å². The van der Waals surface area contributed by atoms with Crippen molar-refractivity contribution in [3.63, 3.8) is 0 Å². The smallest absolute Gasteiger partial charge is 0.161 e. The maximum Gasteiger partial charge on any atom is 0.161 e. The van der Waals surface area contributed by atoms with Crippen molar-refractivity contribution < 1.29 is 9.47 Å². The fourth-order valence-electron chi connectivity index (χ4n) is 4.14.